The van der Waals surface area contributed by atoms with E-state index in [1.54, 1.807) is 0 Å². The van der Waals surface area contributed by atoms with Gasteiger partial charge in [0.1, 0.15) is 0 Å². The summed E-state index contributed by atoms with van der Waals surface area (Å²) in [4.78, 5) is 22.9. The summed E-state index contributed by atoms with van der Waals surface area (Å²) in [6, 6.07) is 0.168. The molecule has 2 rings (SSSR count). The molecule has 2 amide bonds. The number of anilines is 1. The minimum absolute atomic E-state index is 0.0574. The number of ether oxygens (including phenoxy) is 1. The second kappa shape index (κ2) is 5.60. The van der Waals surface area contributed by atoms with E-state index in [2.05, 4.69) is 5.32 Å². The van der Waals surface area contributed by atoms with E-state index in [0.29, 0.717) is 12.1 Å². The van der Waals surface area contributed by atoms with E-state index in [-0.39, 0.29) is 25.3 Å². The Morgan fingerprint density at radius 1 is 1.24 bits per heavy atom. The topological polar surface area (TPSA) is 87.7 Å². The second-order valence-corrected chi connectivity index (χ2v) is 4.52. The lowest BCUT2D eigenvalue weighted by atomic mass is 9.99. The molecule has 0 aromatic heterocycles. The fraction of sp³-hybridized carbons (Fsp3) is 0.333. The molecular formula is C12H11F3N2O4. The fourth-order valence-corrected chi connectivity index (χ4v) is 1.89. The van der Waals surface area contributed by atoms with Gasteiger partial charge in [0.15, 0.2) is 23.0 Å². The maximum Gasteiger partial charge on any atom is 0.332 e. The van der Waals surface area contributed by atoms with Gasteiger partial charge in [0.05, 0.1) is 6.61 Å². The first-order valence-electron chi connectivity index (χ1n) is 5.89. The molecule has 1 unspecified atom stereocenters. The van der Waals surface area contributed by atoms with Crippen LogP contribution in [0, 0.1) is 17.5 Å². The molecule has 1 aromatic carbocycles. The molecule has 3 N–H and O–H groups in total. The number of urea groups is 1. The number of halogens is 3. The van der Waals surface area contributed by atoms with E-state index in [4.69, 9.17) is 9.84 Å². The third-order valence-electron chi connectivity index (χ3n) is 3.03. The Morgan fingerprint density at radius 3 is 2.33 bits per heavy atom. The third-order valence-corrected chi connectivity index (χ3v) is 3.03. The second-order valence-electron chi connectivity index (χ2n) is 4.52. The molecule has 21 heavy (non-hydrogen) atoms. The quantitative estimate of drug-likeness (QED) is 0.738. The number of hydrogen-bond donors (Lipinski definition) is 3. The van der Waals surface area contributed by atoms with Crippen molar-refractivity contribution >= 4 is 17.7 Å². The third kappa shape index (κ3) is 3.07. The maximum atomic E-state index is 13.0. The number of carbonyl (C=O) groups is 2. The Hall–Kier alpha value is -2.29. The van der Waals surface area contributed by atoms with Crippen molar-refractivity contribution in [2.24, 2.45) is 0 Å². The van der Waals surface area contributed by atoms with Crippen molar-refractivity contribution in [1.29, 1.82) is 0 Å². The van der Waals surface area contributed by atoms with Crippen molar-refractivity contribution in [1.82, 2.24) is 5.32 Å². The van der Waals surface area contributed by atoms with E-state index in [1.165, 1.54) is 0 Å². The van der Waals surface area contributed by atoms with Gasteiger partial charge in [0.2, 0.25) is 0 Å². The number of carboxylic acids is 1. The summed E-state index contributed by atoms with van der Waals surface area (Å²) in [6.07, 6.45) is 0.0574. The monoisotopic (exact) mass is 304 g/mol. The number of hydrogen-bond acceptors (Lipinski definition) is 3. The first kappa shape index (κ1) is 15.1. The molecule has 1 fully saturated rings. The molecule has 1 atom stereocenters. The standard InChI is InChI=1S/C12H11F3N2O4/c13-7-3-6(4-8(14)9(7)15)16-11(20)17-12(10(18)19)1-2-21-5-12/h3-4H,1-2,5H2,(H,18,19)(H2,16,17,20). The highest BCUT2D eigenvalue weighted by atomic mass is 19.2. The molecule has 1 aromatic rings. The normalized spacial score (nSPS) is 21.1. The lowest BCUT2D eigenvalue weighted by Crippen LogP contribution is -2.56. The van der Waals surface area contributed by atoms with Crippen LogP contribution in [-0.2, 0) is 9.53 Å². The lowest BCUT2D eigenvalue weighted by molar-refractivity contribution is -0.144. The maximum absolute atomic E-state index is 13.0. The molecule has 1 aliphatic rings. The molecule has 0 aliphatic carbocycles. The van der Waals surface area contributed by atoms with Gasteiger partial charge in [-0.25, -0.2) is 22.8 Å². The van der Waals surface area contributed by atoms with E-state index >= 15 is 0 Å². The van der Waals surface area contributed by atoms with Crippen molar-refractivity contribution in [2.75, 3.05) is 18.5 Å². The van der Waals surface area contributed by atoms with Gasteiger partial charge < -0.3 is 20.5 Å². The van der Waals surface area contributed by atoms with Gasteiger partial charge in [-0.15, -0.1) is 0 Å². The van der Waals surface area contributed by atoms with Crippen molar-refractivity contribution in [2.45, 2.75) is 12.0 Å². The van der Waals surface area contributed by atoms with E-state index in [0.717, 1.165) is 0 Å². The summed E-state index contributed by atoms with van der Waals surface area (Å²) in [6.45, 7) is -0.0612. The largest absolute Gasteiger partial charge is 0.479 e. The van der Waals surface area contributed by atoms with Crippen molar-refractivity contribution < 1.29 is 32.6 Å². The lowest BCUT2D eigenvalue weighted by Gasteiger charge is -2.23. The van der Waals surface area contributed by atoms with Crippen LogP contribution in [0.3, 0.4) is 0 Å². The van der Waals surface area contributed by atoms with Crippen LogP contribution in [0.4, 0.5) is 23.7 Å². The van der Waals surface area contributed by atoms with Crippen LogP contribution >= 0.6 is 0 Å². The zero-order valence-electron chi connectivity index (χ0n) is 10.6. The molecular weight excluding hydrogens is 293 g/mol. The Bertz CT molecular complexity index is 565. The minimum atomic E-state index is -1.66. The van der Waals surface area contributed by atoms with Crippen LogP contribution < -0.4 is 10.6 Å². The highest BCUT2D eigenvalue weighted by Gasteiger charge is 2.44. The Morgan fingerprint density at radius 2 is 1.86 bits per heavy atom. The number of nitrogens with one attached hydrogen (secondary N) is 2. The van der Waals surface area contributed by atoms with E-state index in [9.17, 15) is 22.8 Å². The molecule has 1 aliphatic heterocycles. The predicted octanol–water partition coefficient (Wildman–Crippen LogP) is 1.47. The van der Waals surface area contributed by atoms with Crippen LogP contribution in [0.5, 0.6) is 0 Å². The van der Waals surface area contributed by atoms with Crippen LogP contribution in [-0.4, -0.2) is 35.9 Å². The average molecular weight is 304 g/mol. The molecule has 1 heterocycles. The van der Waals surface area contributed by atoms with Crippen LogP contribution in [0.2, 0.25) is 0 Å². The van der Waals surface area contributed by atoms with Crippen LogP contribution in [0.25, 0.3) is 0 Å². The van der Waals surface area contributed by atoms with Gasteiger partial charge in [-0.2, -0.15) is 0 Å². The summed E-state index contributed by atoms with van der Waals surface area (Å²) >= 11 is 0. The zero-order chi connectivity index (χ0) is 15.6. The number of rotatable bonds is 3. The summed E-state index contributed by atoms with van der Waals surface area (Å²) in [5.74, 6) is -5.89. The molecule has 0 bridgehead atoms. The molecule has 0 spiro atoms. The molecule has 6 nitrogen and oxygen atoms in total. The van der Waals surface area contributed by atoms with Gasteiger partial charge >= 0.3 is 12.0 Å². The van der Waals surface area contributed by atoms with Gasteiger partial charge in [-0.05, 0) is 0 Å². The SMILES string of the molecule is O=C(Nc1cc(F)c(F)c(F)c1)NC1(C(=O)O)CCOC1. The van der Waals surface area contributed by atoms with Crippen LogP contribution in [0.15, 0.2) is 12.1 Å². The first-order valence-corrected chi connectivity index (χ1v) is 5.89. The summed E-state index contributed by atoms with van der Waals surface area (Å²) in [5, 5.41) is 13.3. The molecule has 0 radical (unpaired) electrons. The highest BCUT2D eigenvalue weighted by Crippen LogP contribution is 2.20. The Kier molecular flexibility index (Phi) is 4.03. The fourth-order valence-electron chi connectivity index (χ4n) is 1.89. The van der Waals surface area contributed by atoms with Crippen molar-refractivity contribution in [3.63, 3.8) is 0 Å². The molecule has 114 valence electrons. The van der Waals surface area contributed by atoms with Gasteiger partial charge in [0, 0.05) is 30.8 Å². The Balaban J connectivity index is 2.10. The number of benzene rings is 1. The summed E-state index contributed by atoms with van der Waals surface area (Å²) < 4.78 is 43.7. The molecule has 9 heteroatoms. The predicted molar refractivity (Wildman–Crippen MR) is 64.3 cm³/mol. The number of aliphatic carboxylic acids is 1. The minimum Gasteiger partial charge on any atom is -0.479 e. The Labute approximate surface area is 116 Å². The van der Waals surface area contributed by atoms with Crippen molar-refractivity contribution in [3.8, 4) is 0 Å². The van der Waals surface area contributed by atoms with Crippen molar-refractivity contribution in [3.05, 3.63) is 29.6 Å². The van der Waals surface area contributed by atoms with Crippen LogP contribution in [0.1, 0.15) is 6.42 Å². The van der Waals surface area contributed by atoms with Gasteiger partial charge in [-0.3, -0.25) is 0 Å². The zero-order valence-corrected chi connectivity index (χ0v) is 10.6. The number of carboxylic acid groups (broad SMARTS) is 1. The highest BCUT2D eigenvalue weighted by molar-refractivity contribution is 5.94. The average Bonchev–Trinajstić information content (AvgIpc) is 2.85. The number of carbonyl (C=O) groups excluding carboxylic acids is 1. The van der Waals surface area contributed by atoms with E-state index < -0.39 is 35.0 Å². The molecule has 0 saturated carbocycles. The number of amides is 2. The van der Waals surface area contributed by atoms with E-state index in [1.807, 2.05) is 5.32 Å². The smallest absolute Gasteiger partial charge is 0.332 e. The summed E-state index contributed by atoms with van der Waals surface area (Å²) in [5.41, 5.74) is -1.94. The van der Waals surface area contributed by atoms with Gasteiger partial charge in [-0.1, -0.05) is 0 Å². The van der Waals surface area contributed by atoms with Gasteiger partial charge in [0.25, 0.3) is 0 Å². The summed E-state index contributed by atoms with van der Waals surface area (Å²) in [7, 11) is 0. The molecule has 1 saturated heterocycles. The first-order chi connectivity index (χ1) is 9.84.